The average molecular weight is 418 g/mol. The number of rotatable bonds is 4. The highest BCUT2D eigenvalue weighted by Gasteiger charge is 2.36. The van der Waals surface area contributed by atoms with E-state index in [1.54, 1.807) is 4.90 Å². The van der Waals surface area contributed by atoms with E-state index in [0.29, 0.717) is 25.9 Å². The third-order valence-electron chi connectivity index (χ3n) is 4.14. The second-order valence-corrected chi connectivity index (χ2v) is 6.28. The second kappa shape index (κ2) is 10.2. The van der Waals surface area contributed by atoms with Gasteiger partial charge in [0, 0.05) is 38.3 Å². The molecule has 1 aromatic rings. The Balaban J connectivity index is 0.00000312. The Bertz CT molecular complexity index is 580. The molecule has 26 heavy (non-hydrogen) atoms. The standard InChI is InChI=1S/C16H22F3N3O2.2ClH/c1-10(2)14(20)15(23)22-7-4-11(5-8-22)24-13-3-6-21-9-12(13)16(17,18)19;;/h3,6,9-11,14H,4-5,7-8,20H2,1-2H3;2*1H/t14-;;/m0../s1. The number of aromatic nitrogens is 1. The molecule has 2 rings (SSSR count). The average Bonchev–Trinajstić information content (AvgIpc) is 2.53. The van der Waals surface area contributed by atoms with E-state index < -0.39 is 17.8 Å². The smallest absolute Gasteiger partial charge is 0.421 e. The quantitative estimate of drug-likeness (QED) is 0.815. The number of pyridine rings is 1. The third kappa shape index (κ3) is 6.17. The Morgan fingerprint density at radius 2 is 1.88 bits per heavy atom. The molecule has 1 amide bonds. The number of amides is 1. The van der Waals surface area contributed by atoms with E-state index in [-0.39, 0.29) is 48.5 Å². The lowest BCUT2D eigenvalue weighted by Gasteiger charge is -2.34. The van der Waals surface area contributed by atoms with Crippen molar-refractivity contribution in [2.45, 2.75) is 45.0 Å². The van der Waals surface area contributed by atoms with Gasteiger partial charge in [0.25, 0.3) is 0 Å². The second-order valence-electron chi connectivity index (χ2n) is 6.28. The highest BCUT2D eigenvalue weighted by molar-refractivity contribution is 5.85. The van der Waals surface area contributed by atoms with Crippen LogP contribution in [0.1, 0.15) is 32.3 Å². The van der Waals surface area contributed by atoms with Crippen molar-refractivity contribution in [3.63, 3.8) is 0 Å². The molecule has 150 valence electrons. The van der Waals surface area contributed by atoms with Gasteiger partial charge in [-0.05, 0) is 12.0 Å². The fraction of sp³-hybridized carbons (Fsp3) is 0.625. The summed E-state index contributed by atoms with van der Waals surface area (Å²) >= 11 is 0. The van der Waals surface area contributed by atoms with Gasteiger partial charge >= 0.3 is 6.18 Å². The van der Waals surface area contributed by atoms with E-state index in [1.165, 1.54) is 12.3 Å². The zero-order valence-corrected chi connectivity index (χ0v) is 16.2. The molecular weight excluding hydrogens is 394 g/mol. The molecule has 1 atom stereocenters. The lowest BCUT2D eigenvalue weighted by Crippen LogP contribution is -2.50. The largest absolute Gasteiger partial charge is 0.490 e. The molecule has 10 heteroatoms. The number of carbonyl (C=O) groups excluding carboxylic acids is 1. The molecule has 2 heterocycles. The monoisotopic (exact) mass is 417 g/mol. The third-order valence-corrected chi connectivity index (χ3v) is 4.14. The number of piperidine rings is 1. The van der Waals surface area contributed by atoms with Crippen molar-refractivity contribution < 1.29 is 22.7 Å². The Labute approximate surface area is 163 Å². The minimum atomic E-state index is -4.51. The summed E-state index contributed by atoms with van der Waals surface area (Å²) < 4.78 is 44.4. The number of alkyl halides is 3. The summed E-state index contributed by atoms with van der Waals surface area (Å²) in [5.41, 5.74) is 4.98. The first-order valence-electron chi connectivity index (χ1n) is 7.92. The molecule has 5 nitrogen and oxygen atoms in total. The number of hydrogen-bond acceptors (Lipinski definition) is 4. The molecule has 2 N–H and O–H groups in total. The van der Waals surface area contributed by atoms with Crippen LogP contribution in [0.3, 0.4) is 0 Å². The molecular formula is C16H24Cl2F3N3O2. The van der Waals surface area contributed by atoms with Crippen LogP contribution >= 0.6 is 24.8 Å². The van der Waals surface area contributed by atoms with E-state index >= 15 is 0 Å². The summed E-state index contributed by atoms with van der Waals surface area (Å²) in [4.78, 5) is 17.4. The van der Waals surface area contributed by atoms with Crippen molar-refractivity contribution in [1.29, 1.82) is 0 Å². The fourth-order valence-corrected chi connectivity index (χ4v) is 2.57. The maximum atomic E-state index is 12.9. The molecule has 1 saturated heterocycles. The number of hydrogen-bond donors (Lipinski definition) is 1. The first kappa shape index (κ1) is 24.8. The Morgan fingerprint density at radius 1 is 1.31 bits per heavy atom. The van der Waals surface area contributed by atoms with Crippen LogP contribution < -0.4 is 10.5 Å². The zero-order chi connectivity index (χ0) is 17.9. The summed E-state index contributed by atoms with van der Waals surface area (Å²) in [7, 11) is 0. The lowest BCUT2D eigenvalue weighted by molar-refractivity contribution is -0.139. The van der Waals surface area contributed by atoms with E-state index in [4.69, 9.17) is 10.5 Å². The number of likely N-dealkylation sites (tertiary alicyclic amines) is 1. The molecule has 1 aromatic heterocycles. The van der Waals surface area contributed by atoms with Gasteiger partial charge < -0.3 is 15.4 Å². The predicted molar refractivity (Wildman–Crippen MR) is 96.8 cm³/mol. The molecule has 0 saturated carbocycles. The van der Waals surface area contributed by atoms with Crippen molar-refractivity contribution >= 4 is 30.7 Å². The highest BCUT2D eigenvalue weighted by atomic mass is 35.5. The van der Waals surface area contributed by atoms with Crippen molar-refractivity contribution in [3.8, 4) is 5.75 Å². The summed E-state index contributed by atoms with van der Waals surface area (Å²) in [6, 6.07) is 0.661. The highest BCUT2D eigenvalue weighted by Crippen LogP contribution is 2.36. The number of halogens is 5. The molecule has 0 spiro atoms. The van der Waals surface area contributed by atoms with Crippen LogP contribution in [0.15, 0.2) is 18.5 Å². The summed E-state index contributed by atoms with van der Waals surface area (Å²) in [5.74, 6) is -0.304. The zero-order valence-electron chi connectivity index (χ0n) is 14.5. The molecule has 0 unspecified atom stereocenters. The molecule has 0 aliphatic carbocycles. The first-order valence-corrected chi connectivity index (χ1v) is 7.92. The molecule has 0 radical (unpaired) electrons. The van der Waals surface area contributed by atoms with Gasteiger partial charge in [-0.15, -0.1) is 24.8 Å². The maximum absolute atomic E-state index is 12.9. The Hall–Kier alpha value is -1.25. The van der Waals surface area contributed by atoms with Crippen LogP contribution in [0, 0.1) is 5.92 Å². The summed E-state index contributed by atoms with van der Waals surface area (Å²) in [5, 5.41) is 0. The minimum Gasteiger partial charge on any atom is -0.490 e. The number of nitrogens with two attached hydrogens (primary N) is 1. The first-order chi connectivity index (χ1) is 11.2. The van der Waals surface area contributed by atoms with Gasteiger partial charge in [-0.2, -0.15) is 13.2 Å². The minimum absolute atomic E-state index is 0. The summed E-state index contributed by atoms with van der Waals surface area (Å²) in [6.45, 7) is 4.60. The molecule has 1 fully saturated rings. The number of ether oxygens (including phenoxy) is 1. The van der Waals surface area contributed by atoms with Gasteiger partial charge in [-0.25, -0.2) is 0 Å². The number of nitrogens with zero attached hydrogens (tertiary/aromatic N) is 2. The Kier molecular flexibility index (Phi) is 9.69. The van der Waals surface area contributed by atoms with E-state index in [0.717, 1.165) is 6.20 Å². The van der Waals surface area contributed by atoms with Crippen LogP contribution in [0.2, 0.25) is 0 Å². The van der Waals surface area contributed by atoms with Crippen LogP contribution in [0.4, 0.5) is 13.2 Å². The van der Waals surface area contributed by atoms with Crippen LogP contribution in [0.25, 0.3) is 0 Å². The molecule has 0 aromatic carbocycles. The van der Waals surface area contributed by atoms with Crippen molar-refractivity contribution in [1.82, 2.24) is 9.88 Å². The lowest BCUT2D eigenvalue weighted by atomic mass is 10.0. The van der Waals surface area contributed by atoms with E-state index in [1.807, 2.05) is 13.8 Å². The van der Waals surface area contributed by atoms with Gasteiger partial charge in [0.15, 0.2) is 0 Å². The molecule has 1 aliphatic rings. The SMILES string of the molecule is CC(C)[C@H](N)C(=O)N1CCC(Oc2ccncc2C(F)(F)F)CC1.Cl.Cl. The maximum Gasteiger partial charge on any atom is 0.421 e. The van der Waals surface area contributed by atoms with Crippen LogP contribution in [0.5, 0.6) is 5.75 Å². The van der Waals surface area contributed by atoms with Crippen molar-refractivity contribution in [2.24, 2.45) is 11.7 Å². The topological polar surface area (TPSA) is 68.5 Å². The van der Waals surface area contributed by atoms with E-state index in [2.05, 4.69) is 4.98 Å². The van der Waals surface area contributed by atoms with Gasteiger partial charge in [-0.3, -0.25) is 9.78 Å². The Morgan fingerprint density at radius 3 is 2.38 bits per heavy atom. The molecule has 1 aliphatic heterocycles. The summed E-state index contributed by atoms with van der Waals surface area (Å²) in [6.07, 6.45) is -1.91. The van der Waals surface area contributed by atoms with Gasteiger partial charge in [-0.1, -0.05) is 13.8 Å². The van der Waals surface area contributed by atoms with Crippen molar-refractivity contribution in [2.75, 3.05) is 13.1 Å². The molecule has 0 bridgehead atoms. The van der Waals surface area contributed by atoms with Crippen LogP contribution in [-0.2, 0) is 11.0 Å². The fourth-order valence-electron chi connectivity index (χ4n) is 2.57. The van der Waals surface area contributed by atoms with Gasteiger partial charge in [0.2, 0.25) is 5.91 Å². The predicted octanol–water partition coefficient (Wildman–Crippen LogP) is 3.30. The normalized spacial score (nSPS) is 16.5. The van der Waals surface area contributed by atoms with Gasteiger partial charge in [0.1, 0.15) is 17.4 Å². The van der Waals surface area contributed by atoms with E-state index in [9.17, 15) is 18.0 Å². The number of carbonyl (C=O) groups is 1. The van der Waals surface area contributed by atoms with Crippen LogP contribution in [-0.4, -0.2) is 41.0 Å². The van der Waals surface area contributed by atoms with Gasteiger partial charge in [0.05, 0.1) is 6.04 Å². The van der Waals surface area contributed by atoms with Crippen molar-refractivity contribution in [3.05, 3.63) is 24.0 Å².